The Kier molecular flexibility index (Phi) is 5.73. The first kappa shape index (κ1) is 22.9. The van der Waals surface area contributed by atoms with Crippen LogP contribution in [-0.4, -0.2) is 49.3 Å². The zero-order chi connectivity index (χ0) is 25.4. The number of hydrogen-bond donors (Lipinski definition) is 2. The zero-order valence-corrected chi connectivity index (χ0v) is 19.3. The van der Waals surface area contributed by atoms with Crippen LogP contribution in [0.2, 0.25) is 0 Å². The van der Waals surface area contributed by atoms with Crippen molar-refractivity contribution in [1.29, 1.82) is 0 Å². The van der Waals surface area contributed by atoms with Crippen LogP contribution >= 0.6 is 0 Å². The first-order valence-electron chi connectivity index (χ1n) is 10.9. The zero-order valence-electron chi connectivity index (χ0n) is 19.3. The summed E-state index contributed by atoms with van der Waals surface area (Å²) in [6.45, 7) is -0.600. The summed E-state index contributed by atoms with van der Waals surface area (Å²) in [5.74, 6) is -1.04. The molecule has 3 aromatic carbocycles. The van der Waals surface area contributed by atoms with Crippen LogP contribution in [0.15, 0.2) is 60.7 Å². The average Bonchev–Trinajstić information content (AvgIpc) is 3.34. The number of benzene rings is 3. The van der Waals surface area contributed by atoms with Crippen molar-refractivity contribution in [3.8, 4) is 11.5 Å². The van der Waals surface area contributed by atoms with E-state index in [4.69, 9.17) is 14.2 Å². The predicted molar refractivity (Wildman–Crippen MR) is 130 cm³/mol. The molecule has 0 radical (unpaired) electrons. The molecule has 0 saturated carbocycles. The summed E-state index contributed by atoms with van der Waals surface area (Å²) in [5, 5.41) is 3.25. The van der Waals surface area contributed by atoms with E-state index < -0.39 is 18.5 Å². The minimum atomic E-state index is -0.752. The lowest BCUT2D eigenvalue weighted by atomic mass is 9.83. The molecule has 1 heterocycles. The largest absolute Gasteiger partial charge is 0.497 e. The highest BCUT2D eigenvalue weighted by Gasteiger charge is 2.31. The van der Waals surface area contributed by atoms with Crippen LogP contribution in [0.4, 0.5) is 5.69 Å². The van der Waals surface area contributed by atoms with Crippen LogP contribution in [0, 0.1) is 0 Å². The minimum absolute atomic E-state index is 0.109. The summed E-state index contributed by atoms with van der Waals surface area (Å²) in [7, 11) is 3.02. The summed E-state index contributed by atoms with van der Waals surface area (Å²) >= 11 is 0. The number of carbonyl (C=O) groups is 4. The standard InChI is InChI=1S/C27H20N2O7/c1-34-15-10-14-11-20(29-24(14)21(12-15)35-2)27(33)36-13-22(30)28-19-9-5-8-18-23(19)26(32)17-7-4-3-6-16(17)25(18)31/h3-12,29H,13H2,1-2H3,(H,28,30). The SMILES string of the molecule is COc1cc(OC)c2[nH]c(C(=O)OCC(=O)Nc3cccc4c3C(=O)c3ccccc3C4=O)cc2c1. The van der Waals surface area contributed by atoms with Gasteiger partial charge < -0.3 is 24.5 Å². The fraction of sp³-hybridized carbons (Fsp3) is 0.111. The van der Waals surface area contributed by atoms with Crippen LogP contribution in [0.1, 0.15) is 42.3 Å². The number of hydrogen-bond acceptors (Lipinski definition) is 7. The highest BCUT2D eigenvalue weighted by atomic mass is 16.5. The van der Waals surface area contributed by atoms with Gasteiger partial charge in [-0.25, -0.2) is 4.79 Å². The summed E-state index contributed by atoms with van der Waals surface area (Å²) in [4.78, 5) is 54.1. The molecule has 0 fully saturated rings. The Morgan fingerprint density at radius 2 is 1.58 bits per heavy atom. The topological polar surface area (TPSA) is 124 Å². The van der Waals surface area contributed by atoms with E-state index in [1.54, 1.807) is 54.6 Å². The molecule has 1 aliphatic carbocycles. The van der Waals surface area contributed by atoms with Crippen LogP contribution in [-0.2, 0) is 9.53 Å². The number of rotatable bonds is 6. The molecule has 0 spiro atoms. The van der Waals surface area contributed by atoms with Crippen LogP contribution < -0.4 is 14.8 Å². The normalized spacial score (nSPS) is 12.1. The maximum absolute atomic E-state index is 13.1. The van der Waals surface area contributed by atoms with Crippen LogP contribution in [0.25, 0.3) is 10.9 Å². The second-order valence-electron chi connectivity index (χ2n) is 8.03. The molecule has 0 bridgehead atoms. The number of ketones is 2. The van der Waals surface area contributed by atoms with E-state index in [0.717, 1.165) is 0 Å². The molecule has 0 atom stereocenters. The molecule has 9 nitrogen and oxygen atoms in total. The van der Waals surface area contributed by atoms with Gasteiger partial charge in [0.2, 0.25) is 0 Å². The second-order valence-corrected chi connectivity index (χ2v) is 8.03. The number of anilines is 1. The summed E-state index contributed by atoms with van der Waals surface area (Å²) in [6.07, 6.45) is 0. The van der Waals surface area contributed by atoms with Crippen molar-refractivity contribution in [2.75, 3.05) is 26.1 Å². The number of methoxy groups -OCH3 is 2. The highest BCUT2D eigenvalue weighted by molar-refractivity contribution is 6.30. The Balaban J connectivity index is 1.32. The molecule has 0 saturated heterocycles. The first-order valence-corrected chi connectivity index (χ1v) is 10.9. The van der Waals surface area contributed by atoms with Gasteiger partial charge in [0.1, 0.15) is 17.2 Å². The number of amides is 1. The molecule has 4 aromatic rings. The van der Waals surface area contributed by atoms with E-state index in [2.05, 4.69) is 10.3 Å². The van der Waals surface area contributed by atoms with Gasteiger partial charge in [-0.3, -0.25) is 14.4 Å². The average molecular weight is 484 g/mol. The van der Waals surface area contributed by atoms with E-state index >= 15 is 0 Å². The molecule has 180 valence electrons. The van der Waals surface area contributed by atoms with E-state index in [1.807, 2.05) is 0 Å². The van der Waals surface area contributed by atoms with Crippen LogP contribution in [0.5, 0.6) is 11.5 Å². The number of ether oxygens (including phenoxy) is 3. The van der Waals surface area contributed by atoms with Gasteiger partial charge >= 0.3 is 5.97 Å². The van der Waals surface area contributed by atoms with Crippen molar-refractivity contribution in [3.63, 3.8) is 0 Å². The molecule has 0 unspecified atom stereocenters. The number of nitrogens with one attached hydrogen (secondary N) is 2. The number of aromatic amines is 1. The van der Waals surface area contributed by atoms with Gasteiger partial charge in [-0.2, -0.15) is 0 Å². The molecule has 1 amide bonds. The van der Waals surface area contributed by atoms with E-state index in [-0.39, 0.29) is 39.6 Å². The van der Waals surface area contributed by atoms with Gasteiger partial charge in [0.05, 0.1) is 31.0 Å². The van der Waals surface area contributed by atoms with E-state index in [0.29, 0.717) is 28.0 Å². The maximum Gasteiger partial charge on any atom is 0.355 e. The molecule has 36 heavy (non-hydrogen) atoms. The Morgan fingerprint density at radius 3 is 2.31 bits per heavy atom. The number of carbonyl (C=O) groups excluding carboxylic acids is 4. The lowest BCUT2D eigenvalue weighted by molar-refractivity contribution is -0.119. The lowest BCUT2D eigenvalue weighted by Crippen LogP contribution is -2.26. The second kappa shape index (κ2) is 9.03. The quantitative estimate of drug-likeness (QED) is 0.352. The Labute approximate surface area is 205 Å². The van der Waals surface area contributed by atoms with Gasteiger partial charge in [-0.05, 0) is 18.2 Å². The number of esters is 1. The highest BCUT2D eigenvalue weighted by Crippen LogP contribution is 2.33. The predicted octanol–water partition coefficient (Wildman–Crippen LogP) is 3.76. The first-order chi connectivity index (χ1) is 17.4. The van der Waals surface area contributed by atoms with Crippen molar-refractivity contribution in [1.82, 2.24) is 4.98 Å². The minimum Gasteiger partial charge on any atom is -0.497 e. The van der Waals surface area contributed by atoms with Gasteiger partial charge in [0.15, 0.2) is 18.2 Å². The number of H-pyrrole nitrogens is 1. The molecule has 2 N–H and O–H groups in total. The molecule has 1 aliphatic rings. The van der Waals surface area contributed by atoms with Crippen LogP contribution in [0.3, 0.4) is 0 Å². The van der Waals surface area contributed by atoms with Crippen molar-refractivity contribution in [3.05, 3.63) is 88.6 Å². The maximum atomic E-state index is 13.1. The number of aromatic nitrogens is 1. The number of fused-ring (bicyclic) bond motifs is 3. The Hall–Kier alpha value is -4.92. The van der Waals surface area contributed by atoms with Crippen molar-refractivity contribution < 1.29 is 33.4 Å². The lowest BCUT2D eigenvalue weighted by Gasteiger charge is -2.20. The van der Waals surface area contributed by atoms with Crippen molar-refractivity contribution >= 4 is 40.0 Å². The fourth-order valence-electron chi connectivity index (χ4n) is 4.22. The smallest absolute Gasteiger partial charge is 0.355 e. The summed E-state index contributed by atoms with van der Waals surface area (Å²) in [5.41, 5.74) is 1.78. The Bertz CT molecular complexity index is 1570. The van der Waals surface area contributed by atoms with Crippen molar-refractivity contribution in [2.45, 2.75) is 0 Å². The van der Waals surface area contributed by atoms with E-state index in [1.165, 1.54) is 20.3 Å². The van der Waals surface area contributed by atoms with Crippen molar-refractivity contribution in [2.24, 2.45) is 0 Å². The Morgan fingerprint density at radius 1 is 0.861 bits per heavy atom. The molecule has 1 aromatic heterocycles. The van der Waals surface area contributed by atoms with Gasteiger partial charge in [-0.15, -0.1) is 0 Å². The van der Waals surface area contributed by atoms with Gasteiger partial charge in [-0.1, -0.05) is 36.4 Å². The molecule has 0 aliphatic heterocycles. The van der Waals surface area contributed by atoms with E-state index in [9.17, 15) is 19.2 Å². The fourth-order valence-corrected chi connectivity index (χ4v) is 4.22. The monoisotopic (exact) mass is 484 g/mol. The van der Waals surface area contributed by atoms with Gasteiger partial charge in [0.25, 0.3) is 5.91 Å². The summed E-state index contributed by atoms with van der Waals surface area (Å²) in [6, 6.07) is 16.1. The third-order valence-electron chi connectivity index (χ3n) is 5.90. The third-order valence-corrected chi connectivity index (χ3v) is 5.90. The molecule has 9 heteroatoms. The summed E-state index contributed by atoms with van der Waals surface area (Å²) < 4.78 is 15.7. The molecule has 5 rings (SSSR count). The third kappa shape index (κ3) is 3.86. The molecular weight excluding hydrogens is 464 g/mol. The molecular formula is C27H20N2O7. The van der Waals surface area contributed by atoms with Gasteiger partial charge in [0, 0.05) is 28.1 Å².